The van der Waals surface area contributed by atoms with Gasteiger partial charge in [0, 0.05) is 5.75 Å². The van der Waals surface area contributed by atoms with Crippen LogP contribution in [0.5, 0.6) is 5.75 Å². The fourth-order valence-electron chi connectivity index (χ4n) is 1.37. The molecule has 0 aliphatic carbocycles. The Morgan fingerprint density at radius 3 is 2.65 bits per heavy atom. The van der Waals surface area contributed by atoms with Gasteiger partial charge in [0.25, 0.3) is 0 Å². The summed E-state index contributed by atoms with van der Waals surface area (Å²) in [6.45, 7) is 0.660. The molecule has 1 aromatic carbocycles. The second-order valence-electron chi connectivity index (χ2n) is 3.72. The molecule has 0 unspecified atom stereocenters. The van der Waals surface area contributed by atoms with Crippen molar-refractivity contribution in [3.63, 3.8) is 0 Å². The van der Waals surface area contributed by atoms with E-state index in [0.29, 0.717) is 12.2 Å². The molecule has 0 amide bonds. The third-order valence-corrected chi connectivity index (χ3v) is 5.45. The molecule has 0 bridgehead atoms. The zero-order chi connectivity index (χ0) is 14.2. The van der Waals surface area contributed by atoms with E-state index in [9.17, 15) is 0 Å². The molecule has 0 N–H and O–H groups in total. The number of hydrogen-bond donors (Lipinski definition) is 0. The predicted octanol–water partition coefficient (Wildman–Crippen LogP) is 3.69. The maximum absolute atomic E-state index is 8.70. The summed E-state index contributed by atoms with van der Waals surface area (Å²) in [6, 6.07) is 9.24. The van der Waals surface area contributed by atoms with Crippen LogP contribution >= 0.6 is 34.9 Å². The molecular weight excluding hydrogens is 310 g/mol. The van der Waals surface area contributed by atoms with Crippen LogP contribution in [0.2, 0.25) is 0 Å². The van der Waals surface area contributed by atoms with E-state index in [-0.39, 0.29) is 0 Å². The van der Waals surface area contributed by atoms with Crippen LogP contribution in [0, 0.1) is 11.3 Å². The quantitative estimate of drug-likeness (QED) is 0.572. The van der Waals surface area contributed by atoms with Gasteiger partial charge in [-0.25, -0.2) is 0 Å². The van der Waals surface area contributed by atoms with Crippen molar-refractivity contribution < 1.29 is 4.74 Å². The average molecular weight is 323 g/mol. The standard InChI is InChI=1S/C13H13N3OS3/c1-18-12-15-16-13(20-12)19-8-2-7-17-11-5-3-10(9-14)4-6-11/h3-6H,2,7-8H2,1H3. The van der Waals surface area contributed by atoms with Crippen molar-refractivity contribution >= 4 is 34.9 Å². The molecule has 0 radical (unpaired) electrons. The van der Waals surface area contributed by atoms with Crippen LogP contribution in [-0.2, 0) is 0 Å². The third kappa shape index (κ3) is 4.71. The molecule has 2 rings (SSSR count). The first-order valence-electron chi connectivity index (χ1n) is 5.95. The number of thioether (sulfide) groups is 2. The normalized spacial score (nSPS) is 10.2. The van der Waals surface area contributed by atoms with Crippen LogP contribution in [0.15, 0.2) is 32.9 Å². The Labute approximate surface area is 130 Å². The van der Waals surface area contributed by atoms with E-state index in [0.717, 1.165) is 26.6 Å². The zero-order valence-electron chi connectivity index (χ0n) is 10.9. The first-order chi connectivity index (χ1) is 9.81. The van der Waals surface area contributed by atoms with Crippen LogP contribution < -0.4 is 4.74 Å². The van der Waals surface area contributed by atoms with Gasteiger partial charge in [0.05, 0.1) is 18.2 Å². The van der Waals surface area contributed by atoms with Crippen molar-refractivity contribution in [1.29, 1.82) is 5.26 Å². The molecule has 0 saturated heterocycles. The Morgan fingerprint density at radius 1 is 1.25 bits per heavy atom. The summed E-state index contributed by atoms with van der Waals surface area (Å²) in [7, 11) is 0. The van der Waals surface area contributed by atoms with Gasteiger partial charge >= 0.3 is 0 Å². The lowest BCUT2D eigenvalue weighted by Gasteiger charge is -2.05. The van der Waals surface area contributed by atoms with Crippen LogP contribution in [0.3, 0.4) is 0 Å². The molecular formula is C13H13N3OS3. The Morgan fingerprint density at radius 2 is 2.00 bits per heavy atom. The van der Waals surface area contributed by atoms with E-state index in [1.165, 1.54) is 0 Å². The SMILES string of the molecule is CSc1nnc(SCCCOc2ccc(C#N)cc2)s1. The van der Waals surface area contributed by atoms with Gasteiger partial charge in [0.1, 0.15) is 5.75 Å². The van der Waals surface area contributed by atoms with E-state index >= 15 is 0 Å². The number of nitrogens with zero attached hydrogens (tertiary/aromatic N) is 3. The molecule has 0 atom stereocenters. The molecule has 0 aliphatic heterocycles. The highest BCUT2D eigenvalue weighted by Crippen LogP contribution is 2.27. The van der Waals surface area contributed by atoms with Gasteiger partial charge in [0.2, 0.25) is 0 Å². The molecule has 1 heterocycles. The Hall–Kier alpha value is -1.23. The molecule has 20 heavy (non-hydrogen) atoms. The summed E-state index contributed by atoms with van der Waals surface area (Å²) in [5.41, 5.74) is 0.647. The lowest BCUT2D eigenvalue weighted by molar-refractivity contribution is 0.318. The van der Waals surface area contributed by atoms with Crippen LogP contribution in [0.1, 0.15) is 12.0 Å². The summed E-state index contributed by atoms with van der Waals surface area (Å²) in [4.78, 5) is 0. The summed E-state index contributed by atoms with van der Waals surface area (Å²) in [6.07, 6.45) is 2.94. The first kappa shape index (κ1) is 15.2. The minimum atomic E-state index is 0.647. The highest BCUT2D eigenvalue weighted by molar-refractivity contribution is 8.02. The van der Waals surface area contributed by atoms with E-state index in [1.807, 2.05) is 18.4 Å². The summed E-state index contributed by atoms with van der Waals surface area (Å²) >= 11 is 4.95. The maximum atomic E-state index is 8.70. The van der Waals surface area contributed by atoms with Crippen LogP contribution in [0.4, 0.5) is 0 Å². The Balaban J connectivity index is 1.65. The molecule has 0 spiro atoms. The first-order valence-corrected chi connectivity index (χ1v) is 8.98. The summed E-state index contributed by atoms with van der Waals surface area (Å²) in [5.74, 6) is 1.76. The minimum Gasteiger partial charge on any atom is -0.494 e. The summed E-state index contributed by atoms with van der Waals surface area (Å²) < 4.78 is 7.62. The number of ether oxygens (including phenoxy) is 1. The van der Waals surface area contributed by atoms with Gasteiger partial charge in [-0.3, -0.25) is 0 Å². The van der Waals surface area contributed by atoms with Gasteiger partial charge in [-0.15, -0.1) is 10.2 Å². The lowest BCUT2D eigenvalue weighted by Crippen LogP contribution is -1.98. The Bertz CT molecular complexity index is 577. The van der Waals surface area contributed by atoms with Gasteiger partial charge < -0.3 is 4.74 Å². The van der Waals surface area contributed by atoms with Gasteiger partial charge in [-0.2, -0.15) is 5.26 Å². The fraction of sp³-hybridized carbons (Fsp3) is 0.308. The average Bonchev–Trinajstić information content (AvgIpc) is 2.95. The second kappa shape index (κ2) is 8.15. The third-order valence-electron chi connectivity index (χ3n) is 2.33. The smallest absolute Gasteiger partial charge is 0.175 e. The van der Waals surface area contributed by atoms with Crippen LogP contribution in [-0.4, -0.2) is 28.8 Å². The van der Waals surface area contributed by atoms with Crippen LogP contribution in [0.25, 0.3) is 0 Å². The largest absolute Gasteiger partial charge is 0.494 e. The van der Waals surface area contributed by atoms with Gasteiger partial charge in [0.15, 0.2) is 8.68 Å². The highest BCUT2D eigenvalue weighted by atomic mass is 32.2. The Kier molecular flexibility index (Phi) is 6.18. The number of rotatable bonds is 7. The van der Waals surface area contributed by atoms with Gasteiger partial charge in [-0.05, 0) is 36.9 Å². The van der Waals surface area contributed by atoms with E-state index in [4.69, 9.17) is 10.00 Å². The topological polar surface area (TPSA) is 58.8 Å². The van der Waals surface area contributed by atoms with E-state index in [2.05, 4.69) is 16.3 Å². The lowest BCUT2D eigenvalue weighted by atomic mass is 10.2. The van der Waals surface area contributed by atoms with E-state index in [1.54, 1.807) is 47.0 Å². The minimum absolute atomic E-state index is 0.647. The molecule has 1 aromatic heterocycles. The number of hydrogen-bond acceptors (Lipinski definition) is 7. The van der Waals surface area contributed by atoms with E-state index < -0.39 is 0 Å². The van der Waals surface area contributed by atoms with Crippen molar-refractivity contribution in [1.82, 2.24) is 10.2 Å². The fourth-order valence-corrected chi connectivity index (χ4v) is 3.79. The number of aromatic nitrogens is 2. The molecule has 2 aromatic rings. The van der Waals surface area contributed by atoms with Crippen molar-refractivity contribution in [2.75, 3.05) is 18.6 Å². The molecule has 104 valence electrons. The molecule has 0 aliphatic rings. The predicted molar refractivity (Wildman–Crippen MR) is 83.7 cm³/mol. The molecule has 7 heteroatoms. The number of benzene rings is 1. The monoisotopic (exact) mass is 323 g/mol. The second-order valence-corrected chi connectivity index (χ2v) is 7.10. The van der Waals surface area contributed by atoms with Crippen molar-refractivity contribution in [3.05, 3.63) is 29.8 Å². The molecule has 4 nitrogen and oxygen atoms in total. The van der Waals surface area contributed by atoms with Gasteiger partial charge in [-0.1, -0.05) is 34.9 Å². The molecule has 0 saturated carbocycles. The number of nitriles is 1. The zero-order valence-corrected chi connectivity index (χ0v) is 13.4. The highest BCUT2D eigenvalue weighted by Gasteiger charge is 2.03. The van der Waals surface area contributed by atoms with Crippen molar-refractivity contribution in [3.8, 4) is 11.8 Å². The summed E-state index contributed by atoms with van der Waals surface area (Å²) in [5, 5.41) is 16.8. The van der Waals surface area contributed by atoms with Crippen molar-refractivity contribution in [2.45, 2.75) is 15.1 Å². The molecule has 0 fully saturated rings. The maximum Gasteiger partial charge on any atom is 0.175 e. The van der Waals surface area contributed by atoms with Crippen molar-refractivity contribution in [2.24, 2.45) is 0 Å².